The number of sulfonamides is 1. The number of aliphatic hydroxyl groups excluding tert-OH is 1. The molecule has 0 fully saturated rings. The molecule has 2 N–H and O–H groups in total. The molecule has 0 unspecified atom stereocenters. The van der Waals surface area contributed by atoms with Crippen molar-refractivity contribution in [3.05, 3.63) is 95.1 Å². The minimum absolute atomic E-state index is 0.0773. The number of hydrogen-bond donors (Lipinski definition) is 2. The molecule has 1 aliphatic rings. The summed E-state index contributed by atoms with van der Waals surface area (Å²) in [6.07, 6.45) is 3.53. The van der Waals surface area contributed by atoms with Crippen LogP contribution in [0.2, 0.25) is 0 Å². The molecular weight excluding hydrogens is 528 g/mol. The van der Waals surface area contributed by atoms with E-state index in [2.05, 4.69) is 4.90 Å². The molecule has 40 heavy (non-hydrogen) atoms. The Balaban J connectivity index is 1.64. The highest BCUT2D eigenvalue weighted by Gasteiger charge is 2.38. The molecule has 8 nitrogen and oxygen atoms in total. The number of benzene rings is 3. The van der Waals surface area contributed by atoms with Crippen LogP contribution in [0.3, 0.4) is 0 Å². The minimum atomic E-state index is -3.92. The van der Waals surface area contributed by atoms with Gasteiger partial charge in [-0.05, 0) is 54.9 Å². The predicted octanol–water partition coefficient (Wildman–Crippen LogP) is 4.46. The Hall–Kier alpha value is -3.50. The second-order valence-electron chi connectivity index (χ2n) is 10.4. The van der Waals surface area contributed by atoms with Crippen LogP contribution in [0.4, 0.5) is 0 Å². The summed E-state index contributed by atoms with van der Waals surface area (Å²) >= 11 is 0. The van der Waals surface area contributed by atoms with Gasteiger partial charge in [0.1, 0.15) is 16.7 Å². The number of carboxylic acids is 1. The quantitative estimate of drug-likeness (QED) is 0.370. The van der Waals surface area contributed by atoms with E-state index in [1.54, 1.807) is 49.4 Å². The SMILES string of the molecule is C[C@H](CO)N1C[C@H](C)[C@H](CN(C)Cc2ccc(C(=O)O)cc2)Oc2cc(/C=C/c3ccccc3)ccc2S1(=O)=O. The van der Waals surface area contributed by atoms with Gasteiger partial charge in [0.25, 0.3) is 0 Å². The normalized spacial score (nSPS) is 19.9. The number of hydrogen-bond acceptors (Lipinski definition) is 6. The van der Waals surface area contributed by atoms with Crippen LogP contribution in [0.15, 0.2) is 77.7 Å². The molecule has 0 saturated carbocycles. The Morgan fingerprint density at radius 3 is 2.40 bits per heavy atom. The number of rotatable bonds is 9. The third-order valence-corrected chi connectivity index (χ3v) is 9.12. The Morgan fingerprint density at radius 1 is 1.07 bits per heavy atom. The number of carbonyl (C=O) groups is 1. The van der Waals surface area contributed by atoms with Gasteiger partial charge in [-0.15, -0.1) is 0 Å². The van der Waals surface area contributed by atoms with Crippen LogP contribution in [0.1, 0.15) is 40.9 Å². The van der Waals surface area contributed by atoms with Crippen LogP contribution >= 0.6 is 0 Å². The van der Waals surface area contributed by atoms with Crippen LogP contribution < -0.4 is 4.74 Å². The molecule has 0 bridgehead atoms. The van der Waals surface area contributed by atoms with E-state index in [-0.39, 0.29) is 41.4 Å². The van der Waals surface area contributed by atoms with Crippen molar-refractivity contribution in [2.24, 2.45) is 5.92 Å². The number of fused-ring (bicyclic) bond motifs is 1. The second-order valence-corrected chi connectivity index (χ2v) is 12.2. The van der Waals surface area contributed by atoms with Crippen molar-refractivity contribution in [3.63, 3.8) is 0 Å². The lowest BCUT2D eigenvalue weighted by atomic mass is 10.0. The third-order valence-electron chi connectivity index (χ3n) is 7.10. The average Bonchev–Trinajstić information content (AvgIpc) is 2.94. The lowest BCUT2D eigenvalue weighted by molar-refractivity contribution is 0.0697. The van der Waals surface area contributed by atoms with Gasteiger partial charge in [0.15, 0.2) is 0 Å². The van der Waals surface area contributed by atoms with Crippen molar-refractivity contribution in [3.8, 4) is 5.75 Å². The lowest BCUT2D eigenvalue weighted by Crippen LogP contribution is -2.49. The second kappa shape index (κ2) is 12.8. The molecular formula is C31H36N2O6S. The van der Waals surface area contributed by atoms with E-state index in [4.69, 9.17) is 9.84 Å². The van der Waals surface area contributed by atoms with E-state index in [1.807, 2.05) is 56.5 Å². The molecule has 3 aromatic carbocycles. The molecule has 0 radical (unpaired) electrons. The summed E-state index contributed by atoms with van der Waals surface area (Å²) in [5.74, 6) is -0.872. The molecule has 4 rings (SSSR count). The zero-order valence-electron chi connectivity index (χ0n) is 23.0. The van der Waals surface area contributed by atoms with Crippen molar-refractivity contribution in [2.75, 3.05) is 26.7 Å². The summed E-state index contributed by atoms with van der Waals surface area (Å²) in [4.78, 5) is 13.3. The summed E-state index contributed by atoms with van der Waals surface area (Å²) in [6.45, 7) is 4.63. The Bertz CT molecular complexity index is 1440. The number of aromatic carboxylic acids is 1. The van der Waals surface area contributed by atoms with Crippen molar-refractivity contribution >= 4 is 28.1 Å². The van der Waals surface area contributed by atoms with Gasteiger partial charge in [-0.1, -0.05) is 67.6 Å². The van der Waals surface area contributed by atoms with E-state index >= 15 is 0 Å². The van der Waals surface area contributed by atoms with Crippen molar-refractivity contribution in [1.29, 1.82) is 0 Å². The number of carboxylic acid groups (broad SMARTS) is 1. The molecule has 0 aromatic heterocycles. The van der Waals surface area contributed by atoms with Crippen LogP contribution in [-0.2, 0) is 16.6 Å². The largest absolute Gasteiger partial charge is 0.487 e. The Labute approximate surface area is 236 Å². The number of likely N-dealkylation sites (N-methyl/N-ethyl adjacent to an activating group) is 1. The first-order valence-electron chi connectivity index (χ1n) is 13.3. The highest BCUT2D eigenvalue weighted by molar-refractivity contribution is 7.89. The molecule has 0 saturated heterocycles. The highest BCUT2D eigenvalue weighted by Crippen LogP contribution is 2.34. The maximum Gasteiger partial charge on any atom is 0.335 e. The van der Waals surface area contributed by atoms with Crippen molar-refractivity contribution < 1.29 is 28.2 Å². The Morgan fingerprint density at radius 2 is 1.75 bits per heavy atom. The third kappa shape index (κ3) is 6.98. The summed E-state index contributed by atoms with van der Waals surface area (Å²) in [6, 6.07) is 21.1. The van der Waals surface area contributed by atoms with Crippen LogP contribution in [0.25, 0.3) is 12.2 Å². The molecule has 0 amide bonds. The fourth-order valence-corrected chi connectivity index (χ4v) is 6.58. The maximum absolute atomic E-state index is 13.7. The summed E-state index contributed by atoms with van der Waals surface area (Å²) in [5, 5.41) is 19.0. The van der Waals surface area contributed by atoms with Gasteiger partial charge in [0, 0.05) is 31.6 Å². The smallest absolute Gasteiger partial charge is 0.335 e. The zero-order chi connectivity index (χ0) is 28.9. The molecule has 212 valence electrons. The summed E-state index contributed by atoms with van der Waals surface area (Å²) in [5.41, 5.74) is 3.02. The first kappa shape index (κ1) is 29.5. The van der Waals surface area contributed by atoms with E-state index in [9.17, 15) is 18.3 Å². The van der Waals surface area contributed by atoms with Gasteiger partial charge < -0.3 is 14.9 Å². The summed E-state index contributed by atoms with van der Waals surface area (Å²) < 4.78 is 35.3. The number of ether oxygens (including phenoxy) is 1. The van der Waals surface area contributed by atoms with Crippen molar-refractivity contribution in [2.45, 2.75) is 37.4 Å². The maximum atomic E-state index is 13.7. The lowest BCUT2D eigenvalue weighted by Gasteiger charge is -2.37. The summed E-state index contributed by atoms with van der Waals surface area (Å²) in [7, 11) is -1.97. The van der Waals surface area contributed by atoms with Crippen molar-refractivity contribution in [1.82, 2.24) is 9.21 Å². The van der Waals surface area contributed by atoms with Gasteiger partial charge in [-0.25, -0.2) is 13.2 Å². The first-order chi connectivity index (χ1) is 19.1. The van der Waals surface area contributed by atoms with Gasteiger partial charge in [0.05, 0.1) is 12.2 Å². The molecule has 9 heteroatoms. The number of nitrogens with zero attached hydrogens (tertiary/aromatic N) is 2. The fourth-order valence-electron chi connectivity index (χ4n) is 4.76. The molecule has 3 atom stereocenters. The van der Waals surface area contributed by atoms with E-state index in [0.29, 0.717) is 13.1 Å². The van der Waals surface area contributed by atoms with Gasteiger partial charge in [0.2, 0.25) is 10.0 Å². The van der Waals surface area contributed by atoms with E-state index < -0.39 is 22.0 Å². The average molecular weight is 565 g/mol. The highest BCUT2D eigenvalue weighted by atomic mass is 32.2. The molecule has 1 heterocycles. The number of aliphatic hydroxyl groups is 1. The predicted molar refractivity (Wildman–Crippen MR) is 156 cm³/mol. The molecule has 0 spiro atoms. The minimum Gasteiger partial charge on any atom is -0.487 e. The molecule has 3 aromatic rings. The van der Waals surface area contributed by atoms with Gasteiger partial charge >= 0.3 is 5.97 Å². The van der Waals surface area contributed by atoms with Crippen LogP contribution in [0, 0.1) is 5.92 Å². The zero-order valence-corrected chi connectivity index (χ0v) is 23.8. The van der Waals surface area contributed by atoms with Gasteiger partial charge in [-0.3, -0.25) is 4.90 Å². The standard InChI is InChI=1S/C31H36N2O6S/c1-22-18-33(23(2)21-34)40(37,38)30-16-13-25(10-9-24-7-5-4-6-8-24)17-28(30)39-29(22)20-32(3)19-26-11-14-27(15-12-26)31(35)36/h4-17,22-23,29,34H,18-21H2,1-3H3,(H,35,36)/b10-9+/t22-,23+,29-/m0/s1. The van der Waals surface area contributed by atoms with Crippen LogP contribution in [0.5, 0.6) is 5.75 Å². The van der Waals surface area contributed by atoms with Gasteiger partial charge in [-0.2, -0.15) is 4.31 Å². The van der Waals surface area contributed by atoms with E-state index in [0.717, 1.165) is 16.7 Å². The topological polar surface area (TPSA) is 107 Å². The Kier molecular flexibility index (Phi) is 9.42. The van der Waals surface area contributed by atoms with E-state index in [1.165, 1.54) is 4.31 Å². The fraction of sp³-hybridized carbons (Fsp3) is 0.323. The molecule has 0 aliphatic carbocycles. The monoisotopic (exact) mass is 564 g/mol. The first-order valence-corrected chi connectivity index (χ1v) is 14.7. The van der Waals surface area contributed by atoms with Crippen LogP contribution in [-0.4, -0.2) is 72.7 Å². The molecule has 1 aliphatic heterocycles.